The van der Waals surface area contributed by atoms with E-state index in [1.807, 2.05) is 5.92 Å². The summed E-state index contributed by atoms with van der Waals surface area (Å²) in [5, 5.41) is 24.8. The molecular weight excluding hydrogens is 626 g/mol. The largest absolute Gasteiger partial charge is 0.476 e. The monoisotopic (exact) mass is 662 g/mol. The SMILES string of the molecule is C#C[C@]1(O)[C@H](n2cnc3c(OCC)nc(N)nc32)O[C@](F)(CO[P@](=O)(NC(C)C(=O)OC2CCCCC2)Oc2ccccc2)[C@H]1O. The van der Waals surface area contributed by atoms with Gasteiger partial charge in [0.05, 0.1) is 12.9 Å². The quantitative estimate of drug-likeness (QED) is 0.125. The Hall–Kier alpha value is -3.84. The fourth-order valence-electron chi connectivity index (χ4n) is 5.27. The number of esters is 1. The van der Waals surface area contributed by atoms with Crippen LogP contribution in [0.15, 0.2) is 36.7 Å². The number of hydrogen-bond donors (Lipinski definition) is 4. The third-order valence-electron chi connectivity index (χ3n) is 7.62. The number of ether oxygens (including phenoxy) is 3. The minimum Gasteiger partial charge on any atom is -0.476 e. The van der Waals surface area contributed by atoms with E-state index in [1.165, 1.54) is 19.1 Å². The maximum absolute atomic E-state index is 16.5. The van der Waals surface area contributed by atoms with E-state index >= 15 is 4.39 Å². The summed E-state index contributed by atoms with van der Waals surface area (Å²) >= 11 is 0. The first kappa shape index (κ1) is 33.5. The van der Waals surface area contributed by atoms with Crippen molar-refractivity contribution in [2.45, 2.75) is 81.9 Å². The van der Waals surface area contributed by atoms with E-state index in [2.05, 4.69) is 20.0 Å². The second kappa shape index (κ2) is 13.5. The number of aliphatic hydroxyl groups is 2. The van der Waals surface area contributed by atoms with Crippen molar-refractivity contribution < 1.29 is 47.2 Å². The second-order valence-electron chi connectivity index (χ2n) is 11.0. The average Bonchev–Trinajstić information content (AvgIpc) is 3.54. The normalized spacial score (nSPS) is 27.0. The molecule has 1 aromatic carbocycles. The van der Waals surface area contributed by atoms with Gasteiger partial charge in [-0.05, 0) is 51.7 Å². The number of para-hydroxylation sites is 1. The molecule has 15 nitrogen and oxygen atoms in total. The number of alkyl halides is 1. The van der Waals surface area contributed by atoms with Gasteiger partial charge >= 0.3 is 13.7 Å². The van der Waals surface area contributed by atoms with Crippen molar-refractivity contribution >= 4 is 30.8 Å². The van der Waals surface area contributed by atoms with E-state index in [4.69, 9.17) is 35.4 Å². The smallest absolute Gasteiger partial charge is 0.459 e. The summed E-state index contributed by atoms with van der Waals surface area (Å²) in [4.78, 5) is 25.1. The number of imidazole rings is 1. The Morgan fingerprint density at radius 1 is 1.30 bits per heavy atom. The number of halogens is 1. The summed E-state index contributed by atoms with van der Waals surface area (Å²) in [5.74, 6) is -2.14. The van der Waals surface area contributed by atoms with E-state index in [-0.39, 0.29) is 41.5 Å². The first-order valence-electron chi connectivity index (χ1n) is 14.8. The number of nitrogens with one attached hydrogen (secondary N) is 1. The molecule has 0 bridgehead atoms. The summed E-state index contributed by atoms with van der Waals surface area (Å²) in [6, 6.07) is 6.61. The number of nitrogens with zero attached hydrogens (tertiary/aromatic N) is 4. The number of carbonyl (C=O) groups excluding carboxylic acids is 1. The molecule has 0 spiro atoms. The molecule has 3 heterocycles. The molecule has 5 rings (SSSR count). The highest BCUT2D eigenvalue weighted by Crippen LogP contribution is 2.51. The molecule has 3 aromatic rings. The zero-order valence-corrected chi connectivity index (χ0v) is 26.1. The maximum atomic E-state index is 16.5. The maximum Gasteiger partial charge on any atom is 0.459 e. The Morgan fingerprint density at radius 2 is 2.02 bits per heavy atom. The van der Waals surface area contributed by atoms with Gasteiger partial charge in [-0.1, -0.05) is 30.5 Å². The highest BCUT2D eigenvalue weighted by Gasteiger charge is 2.66. The number of benzene rings is 1. The lowest BCUT2D eigenvalue weighted by Gasteiger charge is -2.29. The van der Waals surface area contributed by atoms with Crippen LogP contribution < -0.4 is 20.1 Å². The predicted octanol–water partition coefficient (Wildman–Crippen LogP) is 2.78. The van der Waals surface area contributed by atoms with Crippen LogP contribution in [0.25, 0.3) is 11.2 Å². The number of hydrogen-bond acceptors (Lipinski definition) is 13. The van der Waals surface area contributed by atoms with E-state index < -0.39 is 50.2 Å². The van der Waals surface area contributed by atoms with Crippen molar-refractivity contribution in [3.8, 4) is 24.0 Å². The summed E-state index contributed by atoms with van der Waals surface area (Å²) in [5.41, 5.74) is 3.16. The number of fused-ring (bicyclic) bond motifs is 1. The Bertz CT molecular complexity index is 1630. The topological polar surface area (TPSA) is 202 Å². The van der Waals surface area contributed by atoms with Crippen molar-refractivity contribution in [2.75, 3.05) is 18.9 Å². The average molecular weight is 663 g/mol. The molecule has 46 heavy (non-hydrogen) atoms. The Balaban J connectivity index is 1.39. The molecule has 0 radical (unpaired) electrons. The molecule has 2 aromatic heterocycles. The highest BCUT2D eigenvalue weighted by molar-refractivity contribution is 7.52. The molecule has 1 saturated carbocycles. The number of carbonyl (C=O) groups is 1. The molecule has 1 aliphatic carbocycles. The van der Waals surface area contributed by atoms with Gasteiger partial charge in [-0.15, -0.1) is 6.42 Å². The van der Waals surface area contributed by atoms with Crippen LogP contribution in [0, 0.1) is 12.3 Å². The number of aromatic nitrogens is 4. The summed E-state index contributed by atoms with van der Waals surface area (Å²) in [6.07, 6.45) is 6.47. The Kier molecular flexibility index (Phi) is 9.83. The van der Waals surface area contributed by atoms with Crippen molar-refractivity contribution in [1.82, 2.24) is 24.6 Å². The van der Waals surface area contributed by atoms with E-state index in [0.29, 0.717) is 12.8 Å². The Morgan fingerprint density at radius 3 is 2.70 bits per heavy atom. The predicted molar refractivity (Wildman–Crippen MR) is 161 cm³/mol. The zero-order valence-electron chi connectivity index (χ0n) is 25.2. The molecule has 0 amide bonds. The summed E-state index contributed by atoms with van der Waals surface area (Å²) in [7, 11) is -4.60. The van der Waals surface area contributed by atoms with Gasteiger partial charge in [-0.25, -0.2) is 13.9 Å². The first-order valence-corrected chi connectivity index (χ1v) is 16.3. The number of terminal acetylenes is 1. The number of anilines is 1. The Labute approximate surface area is 264 Å². The lowest BCUT2D eigenvalue weighted by atomic mass is 9.94. The first-order chi connectivity index (χ1) is 21.9. The van der Waals surface area contributed by atoms with Crippen LogP contribution in [0.4, 0.5) is 10.3 Å². The fraction of sp³-hybridized carbons (Fsp3) is 0.517. The van der Waals surface area contributed by atoms with Gasteiger partial charge in [0.25, 0.3) is 5.85 Å². The van der Waals surface area contributed by atoms with E-state index in [9.17, 15) is 19.6 Å². The molecule has 2 fully saturated rings. The third kappa shape index (κ3) is 6.80. The van der Waals surface area contributed by atoms with E-state index in [1.54, 1.807) is 25.1 Å². The molecule has 248 valence electrons. The minimum absolute atomic E-state index is 0.0163. The van der Waals surface area contributed by atoms with Gasteiger partial charge in [-0.3, -0.25) is 13.9 Å². The van der Waals surface area contributed by atoms with Gasteiger partial charge in [0.2, 0.25) is 17.4 Å². The van der Waals surface area contributed by atoms with Crippen molar-refractivity contribution in [3.63, 3.8) is 0 Å². The number of nitrogen functional groups attached to an aromatic ring is 1. The van der Waals surface area contributed by atoms with Crippen LogP contribution in [0.1, 0.15) is 52.2 Å². The van der Waals surface area contributed by atoms with Gasteiger partial charge in [0, 0.05) is 0 Å². The van der Waals surface area contributed by atoms with E-state index in [0.717, 1.165) is 30.2 Å². The van der Waals surface area contributed by atoms with Crippen LogP contribution in [-0.4, -0.2) is 78.6 Å². The molecule has 1 aliphatic heterocycles. The number of rotatable bonds is 12. The minimum atomic E-state index is -4.60. The molecule has 1 saturated heterocycles. The lowest BCUT2D eigenvalue weighted by Crippen LogP contribution is -2.50. The van der Waals surface area contributed by atoms with Gasteiger partial charge < -0.3 is 34.7 Å². The van der Waals surface area contributed by atoms with Crippen LogP contribution in [0.3, 0.4) is 0 Å². The number of aliphatic hydroxyl groups excluding tert-OH is 1. The highest BCUT2D eigenvalue weighted by atomic mass is 31.2. The summed E-state index contributed by atoms with van der Waals surface area (Å²) in [6.45, 7) is 2.04. The van der Waals surface area contributed by atoms with Crippen molar-refractivity contribution in [2.24, 2.45) is 0 Å². The molecule has 1 unspecified atom stereocenters. The van der Waals surface area contributed by atoms with Crippen LogP contribution in [0.2, 0.25) is 0 Å². The van der Waals surface area contributed by atoms with Crippen LogP contribution in [0.5, 0.6) is 11.6 Å². The lowest BCUT2D eigenvalue weighted by molar-refractivity contribution is -0.202. The standard InChI is InChI=1S/C29H36FN6O9P/c1-4-28(39)25(38)29(30,44-26(28)36-17-32-21-22(36)33-27(31)34-23(21)41-5-2)16-42-46(40,45-20-14-10-7-11-15-20)35-18(3)24(37)43-19-12-8-6-9-13-19/h1,7,10-11,14-15,17-19,25-26,38-39H,5-6,8-9,12-13,16H2,2-3H3,(H,35,40)(H2,31,33,34)/t18?,25-,26+,28+,29+,46+/m0/s1. The van der Waals surface area contributed by atoms with Crippen LogP contribution in [-0.2, 0) is 23.4 Å². The van der Waals surface area contributed by atoms with Gasteiger partial charge in [-0.2, -0.15) is 15.1 Å². The molecule has 2 aliphatic rings. The van der Waals surface area contributed by atoms with Crippen LogP contribution >= 0.6 is 7.75 Å². The second-order valence-corrected chi connectivity index (χ2v) is 12.7. The molecule has 5 N–H and O–H groups in total. The van der Waals surface area contributed by atoms with Crippen molar-refractivity contribution in [1.29, 1.82) is 0 Å². The zero-order chi connectivity index (χ0) is 33.1. The molecule has 6 atom stereocenters. The molecule has 17 heteroatoms. The van der Waals surface area contributed by atoms with Gasteiger partial charge in [0.15, 0.2) is 23.5 Å². The fourth-order valence-corrected chi connectivity index (χ4v) is 6.78. The summed E-state index contributed by atoms with van der Waals surface area (Å²) < 4.78 is 59.2. The van der Waals surface area contributed by atoms with Gasteiger partial charge in [0.1, 0.15) is 24.5 Å². The number of nitrogens with two attached hydrogens (primary N) is 1. The molecular formula is C29H36FN6O9P. The van der Waals surface area contributed by atoms with Crippen molar-refractivity contribution in [3.05, 3.63) is 36.7 Å². The third-order valence-corrected chi connectivity index (χ3v) is 9.25.